The summed E-state index contributed by atoms with van der Waals surface area (Å²) in [4.78, 5) is 19.1. The summed E-state index contributed by atoms with van der Waals surface area (Å²) in [5, 5.41) is 11.3. The van der Waals surface area contributed by atoms with Gasteiger partial charge >= 0.3 is 5.97 Å². The number of hydrogen-bond donors (Lipinski definition) is 1. The minimum absolute atomic E-state index is 0.191. The molecule has 0 bridgehead atoms. The van der Waals surface area contributed by atoms with Crippen molar-refractivity contribution in [3.05, 3.63) is 35.5 Å². The van der Waals surface area contributed by atoms with Crippen molar-refractivity contribution in [3.8, 4) is 10.7 Å². The first-order chi connectivity index (χ1) is 8.66. The highest BCUT2D eigenvalue weighted by molar-refractivity contribution is 7.13. The molecule has 0 fully saturated rings. The lowest BCUT2D eigenvalue weighted by molar-refractivity contribution is -0.149. The van der Waals surface area contributed by atoms with E-state index in [0.29, 0.717) is 5.69 Å². The van der Waals surface area contributed by atoms with Crippen molar-refractivity contribution >= 4 is 17.3 Å². The molecule has 2 rings (SSSR count). The Morgan fingerprint density at radius 3 is 3.06 bits per heavy atom. The highest BCUT2D eigenvalue weighted by atomic mass is 32.1. The summed E-state index contributed by atoms with van der Waals surface area (Å²) in [6.45, 7) is 1.69. The molecule has 2 heterocycles. The van der Waals surface area contributed by atoms with Crippen LogP contribution in [0.15, 0.2) is 29.8 Å². The quantitative estimate of drug-likeness (QED) is 0.896. The second-order valence-corrected chi connectivity index (χ2v) is 4.51. The van der Waals surface area contributed by atoms with Gasteiger partial charge in [-0.1, -0.05) is 6.07 Å². The van der Waals surface area contributed by atoms with Crippen molar-refractivity contribution in [1.29, 1.82) is 0 Å². The number of aromatic nitrogens is 2. The molecule has 0 aliphatic carbocycles. The van der Waals surface area contributed by atoms with Crippen LogP contribution in [0.1, 0.15) is 12.6 Å². The van der Waals surface area contributed by atoms with Crippen LogP contribution in [0.25, 0.3) is 10.7 Å². The molecule has 0 aliphatic heterocycles. The Labute approximate surface area is 108 Å². The van der Waals surface area contributed by atoms with Crippen molar-refractivity contribution in [2.45, 2.75) is 19.6 Å². The van der Waals surface area contributed by atoms with E-state index >= 15 is 0 Å². The monoisotopic (exact) mass is 264 g/mol. The number of nitrogens with zero attached hydrogens (tertiary/aromatic N) is 2. The lowest BCUT2D eigenvalue weighted by atomic mass is 10.4. The number of rotatable bonds is 5. The van der Waals surface area contributed by atoms with E-state index in [2.05, 4.69) is 9.97 Å². The minimum Gasteiger partial charge on any atom is -0.479 e. The number of ether oxygens (including phenoxy) is 1. The van der Waals surface area contributed by atoms with Crippen molar-refractivity contribution in [1.82, 2.24) is 9.97 Å². The zero-order valence-corrected chi connectivity index (χ0v) is 10.6. The Kier molecular flexibility index (Phi) is 4.01. The first-order valence-corrected chi connectivity index (χ1v) is 6.25. The molecule has 0 aromatic carbocycles. The fraction of sp³-hybridized carbons (Fsp3) is 0.250. The molecular formula is C12H12N2O3S. The van der Waals surface area contributed by atoms with Crippen molar-refractivity contribution in [2.24, 2.45) is 0 Å². The second-order valence-electron chi connectivity index (χ2n) is 3.65. The van der Waals surface area contributed by atoms with Crippen LogP contribution in [-0.2, 0) is 16.1 Å². The van der Waals surface area contributed by atoms with Gasteiger partial charge in [-0.2, -0.15) is 0 Å². The molecule has 0 amide bonds. The second kappa shape index (κ2) is 5.70. The van der Waals surface area contributed by atoms with E-state index in [-0.39, 0.29) is 6.61 Å². The van der Waals surface area contributed by atoms with E-state index < -0.39 is 12.1 Å². The Bertz CT molecular complexity index is 527. The molecule has 0 radical (unpaired) electrons. The summed E-state index contributed by atoms with van der Waals surface area (Å²) in [6.07, 6.45) is 0.879. The number of carboxylic acids is 1. The van der Waals surface area contributed by atoms with Crippen LogP contribution in [0.5, 0.6) is 0 Å². The molecule has 1 unspecified atom stereocenters. The lowest BCUT2D eigenvalue weighted by Crippen LogP contribution is -2.19. The molecule has 0 saturated carbocycles. The van der Waals surface area contributed by atoms with Crippen LogP contribution in [-0.4, -0.2) is 27.1 Å². The van der Waals surface area contributed by atoms with Crippen molar-refractivity contribution < 1.29 is 14.6 Å². The largest absolute Gasteiger partial charge is 0.479 e. The van der Waals surface area contributed by atoms with E-state index in [4.69, 9.17) is 9.84 Å². The van der Waals surface area contributed by atoms with Crippen LogP contribution < -0.4 is 0 Å². The Hall–Kier alpha value is -1.79. The van der Waals surface area contributed by atoms with Gasteiger partial charge in [-0.15, -0.1) is 11.3 Å². The number of thiazole rings is 1. The zero-order valence-electron chi connectivity index (χ0n) is 9.74. The number of hydrogen-bond acceptors (Lipinski definition) is 5. The van der Waals surface area contributed by atoms with Gasteiger partial charge < -0.3 is 9.84 Å². The Balaban J connectivity index is 2.01. The van der Waals surface area contributed by atoms with Gasteiger partial charge in [-0.25, -0.2) is 9.78 Å². The van der Waals surface area contributed by atoms with E-state index in [1.54, 1.807) is 6.20 Å². The van der Waals surface area contributed by atoms with E-state index in [1.165, 1.54) is 18.3 Å². The predicted octanol–water partition coefficient (Wildman–Crippen LogP) is 2.19. The van der Waals surface area contributed by atoms with Crippen molar-refractivity contribution in [2.75, 3.05) is 0 Å². The third kappa shape index (κ3) is 3.12. The standard InChI is InChI=1S/C12H12N2O3S/c1-8(12(15)16)17-6-9-7-18-11(14-9)10-4-2-3-5-13-10/h2-5,7-8H,6H2,1H3,(H,15,16). The Morgan fingerprint density at radius 2 is 2.39 bits per heavy atom. The van der Waals surface area contributed by atoms with Crippen LogP contribution in [0, 0.1) is 0 Å². The molecule has 0 saturated heterocycles. The summed E-state index contributed by atoms with van der Waals surface area (Å²) in [5.74, 6) is -0.977. The fourth-order valence-electron chi connectivity index (χ4n) is 1.26. The fourth-order valence-corrected chi connectivity index (χ4v) is 2.04. The summed E-state index contributed by atoms with van der Waals surface area (Å²) < 4.78 is 5.16. The normalized spacial score (nSPS) is 12.3. The van der Waals surface area contributed by atoms with Gasteiger partial charge in [-0.05, 0) is 19.1 Å². The van der Waals surface area contributed by atoms with Gasteiger partial charge in [0.05, 0.1) is 18.0 Å². The number of carboxylic acid groups (broad SMARTS) is 1. The summed E-state index contributed by atoms with van der Waals surface area (Å²) in [5.41, 5.74) is 1.52. The predicted molar refractivity (Wildman–Crippen MR) is 67.2 cm³/mol. The average molecular weight is 264 g/mol. The molecule has 18 heavy (non-hydrogen) atoms. The third-order valence-corrected chi connectivity index (χ3v) is 3.18. The molecule has 5 nitrogen and oxygen atoms in total. The highest BCUT2D eigenvalue weighted by Gasteiger charge is 2.12. The SMILES string of the molecule is CC(OCc1csc(-c2ccccn2)n1)C(=O)O. The number of pyridine rings is 1. The molecule has 6 heteroatoms. The summed E-state index contributed by atoms with van der Waals surface area (Å²) in [7, 11) is 0. The highest BCUT2D eigenvalue weighted by Crippen LogP contribution is 2.21. The topological polar surface area (TPSA) is 72.3 Å². The molecule has 1 atom stereocenters. The minimum atomic E-state index is -0.977. The maximum atomic E-state index is 10.6. The Morgan fingerprint density at radius 1 is 1.56 bits per heavy atom. The molecule has 2 aromatic heterocycles. The first-order valence-electron chi connectivity index (χ1n) is 5.37. The summed E-state index contributed by atoms with van der Waals surface area (Å²) >= 11 is 1.46. The number of aliphatic carboxylic acids is 1. The summed E-state index contributed by atoms with van der Waals surface area (Å²) in [6, 6.07) is 5.62. The van der Waals surface area contributed by atoms with E-state index in [0.717, 1.165) is 10.7 Å². The van der Waals surface area contributed by atoms with Crippen molar-refractivity contribution in [3.63, 3.8) is 0 Å². The van der Waals surface area contributed by atoms with Gasteiger partial charge in [0.25, 0.3) is 0 Å². The first kappa shape index (κ1) is 12.7. The molecule has 0 aliphatic rings. The average Bonchev–Trinajstić information content (AvgIpc) is 2.85. The number of carbonyl (C=O) groups is 1. The van der Waals surface area contributed by atoms with Crippen LogP contribution in [0.3, 0.4) is 0 Å². The van der Waals surface area contributed by atoms with E-state index in [1.807, 2.05) is 23.6 Å². The zero-order chi connectivity index (χ0) is 13.0. The van der Waals surface area contributed by atoms with Gasteiger partial charge in [-0.3, -0.25) is 4.98 Å². The maximum Gasteiger partial charge on any atom is 0.332 e. The van der Waals surface area contributed by atoms with Gasteiger partial charge in [0.15, 0.2) is 6.10 Å². The van der Waals surface area contributed by atoms with Crippen LogP contribution in [0.4, 0.5) is 0 Å². The van der Waals surface area contributed by atoms with Gasteiger partial charge in [0.2, 0.25) is 0 Å². The molecule has 94 valence electrons. The molecule has 1 N–H and O–H groups in total. The van der Waals surface area contributed by atoms with Crippen LogP contribution >= 0.6 is 11.3 Å². The van der Waals surface area contributed by atoms with Gasteiger partial charge in [0.1, 0.15) is 5.01 Å². The lowest BCUT2D eigenvalue weighted by Gasteiger charge is -2.05. The van der Waals surface area contributed by atoms with Gasteiger partial charge in [0, 0.05) is 11.6 Å². The molecule has 0 spiro atoms. The molecule has 2 aromatic rings. The van der Waals surface area contributed by atoms with Crippen LogP contribution in [0.2, 0.25) is 0 Å². The maximum absolute atomic E-state index is 10.6. The molecular weight excluding hydrogens is 252 g/mol. The smallest absolute Gasteiger partial charge is 0.332 e. The van der Waals surface area contributed by atoms with E-state index in [9.17, 15) is 4.79 Å². The third-order valence-electron chi connectivity index (χ3n) is 2.26.